The van der Waals surface area contributed by atoms with Gasteiger partial charge >= 0.3 is 0 Å². The maximum Gasteiger partial charge on any atom is 0.206 e. The molecule has 0 saturated carbocycles. The van der Waals surface area contributed by atoms with Gasteiger partial charge in [0.1, 0.15) is 0 Å². The van der Waals surface area contributed by atoms with Crippen molar-refractivity contribution in [3.05, 3.63) is 41.7 Å². The van der Waals surface area contributed by atoms with Crippen molar-refractivity contribution in [2.45, 2.75) is 36.5 Å². The Morgan fingerprint density at radius 2 is 2.04 bits per heavy atom. The first-order valence-corrected chi connectivity index (χ1v) is 9.14. The fourth-order valence-corrected chi connectivity index (χ4v) is 3.63. The Morgan fingerprint density at radius 1 is 1.17 bits per heavy atom. The van der Waals surface area contributed by atoms with E-state index in [1.807, 2.05) is 22.9 Å². The third kappa shape index (κ3) is 4.49. The van der Waals surface area contributed by atoms with E-state index < -0.39 is 0 Å². The first-order valence-electron chi connectivity index (χ1n) is 7.34. The highest BCUT2D eigenvalue weighted by molar-refractivity contribution is 8.00. The minimum absolute atomic E-state index is 0.695. The third-order valence-corrected chi connectivity index (χ3v) is 5.07. The summed E-state index contributed by atoms with van der Waals surface area (Å²) in [4.78, 5) is 0. The average Bonchev–Trinajstić information content (AvgIpc) is 3.21. The normalized spacial score (nSPS) is 10.8. The molecule has 0 bridgehead atoms. The molecule has 1 N–H and O–H groups in total. The number of aromatic nitrogens is 6. The van der Waals surface area contributed by atoms with Crippen molar-refractivity contribution in [2.24, 2.45) is 0 Å². The second-order valence-electron chi connectivity index (χ2n) is 4.82. The highest BCUT2D eigenvalue weighted by atomic mass is 32.2. The topological polar surface area (TPSA) is 81.4 Å². The van der Waals surface area contributed by atoms with Crippen LogP contribution >= 0.6 is 23.1 Å². The van der Waals surface area contributed by atoms with Gasteiger partial charge in [-0.15, -0.1) is 15.3 Å². The van der Waals surface area contributed by atoms with Crippen LogP contribution in [0.5, 0.6) is 0 Å². The zero-order valence-corrected chi connectivity index (χ0v) is 14.3. The zero-order valence-electron chi connectivity index (χ0n) is 12.7. The van der Waals surface area contributed by atoms with Gasteiger partial charge in [0.15, 0.2) is 10.2 Å². The number of aryl methyl sites for hydroxylation is 1. The monoisotopic (exact) mass is 347 g/mol. The molecule has 0 spiro atoms. The van der Waals surface area contributed by atoms with Crippen LogP contribution in [0.2, 0.25) is 0 Å². The summed E-state index contributed by atoms with van der Waals surface area (Å²) >= 11 is 3.15. The van der Waals surface area contributed by atoms with Crippen molar-refractivity contribution in [1.82, 2.24) is 30.4 Å². The van der Waals surface area contributed by atoms with Crippen LogP contribution in [0.4, 0.5) is 5.13 Å². The predicted octanol–water partition coefficient (Wildman–Crippen LogP) is 2.84. The minimum Gasteiger partial charge on any atom is -0.356 e. The molecule has 0 aliphatic heterocycles. The highest BCUT2D eigenvalue weighted by Gasteiger charge is 2.09. The lowest BCUT2D eigenvalue weighted by Crippen LogP contribution is -2.04. The van der Waals surface area contributed by atoms with Crippen LogP contribution in [-0.4, -0.2) is 30.4 Å². The molecule has 0 atom stereocenters. The smallest absolute Gasteiger partial charge is 0.206 e. The van der Waals surface area contributed by atoms with Crippen molar-refractivity contribution in [1.29, 1.82) is 0 Å². The molecule has 23 heavy (non-hydrogen) atoms. The van der Waals surface area contributed by atoms with Crippen LogP contribution in [0.15, 0.2) is 34.7 Å². The molecular formula is C14H17N7S2. The number of benzene rings is 1. The van der Waals surface area contributed by atoms with Crippen LogP contribution in [-0.2, 0) is 18.8 Å². The van der Waals surface area contributed by atoms with Crippen molar-refractivity contribution < 1.29 is 0 Å². The van der Waals surface area contributed by atoms with Gasteiger partial charge in [-0.1, -0.05) is 60.4 Å². The van der Waals surface area contributed by atoms with Crippen molar-refractivity contribution in [3.63, 3.8) is 0 Å². The van der Waals surface area contributed by atoms with Crippen molar-refractivity contribution >= 4 is 28.2 Å². The molecule has 3 aromatic rings. The van der Waals surface area contributed by atoms with E-state index in [9.17, 15) is 0 Å². The molecule has 0 fully saturated rings. The van der Waals surface area contributed by atoms with E-state index in [0.29, 0.717) is 5.75 Å². The van der Waals surface area contributed by atoms with Gasteiger partial charge in [-0.3, -0.25) is 0 Å². The lowest BCUT2D eigenvalue weighted by atomic mass is 10.2. The number of thioether (sulfide) groups is 1. The van der Waals surface area contributed by atoms with Crippen LogP contribution in [0.1, 0.15) is 24.7 Å². The van der Waals surface area contributed by atoms with Gasteiger partial charge in [-0.05, 0) is 22.4 Å². The number of hydrogen-bond donors (Lipinski definition) is 1. The molecule has 0 aliphatic carbocycles. The molecule has 0 aliphatic rings. The summed E-state index contributed by atoms with van der Waals surface area (Å²) in [6.07, 6.45) is 1.01. The summed E-state index contributed by atoms with van der Waals surface area (Å²) < 4.78 is 2.74. The van der Waals surface area contributed by atoms with Crippen LogP contribution in [0.25, 0.3) is 0 Å². The predicted molar refractivity (Wildman–Crippen MR) is 91.3 cm³/mol. The van der Waals surface area contributed by atoms with E-state index in [-0.39, 0.29) is 0 Å². The Kier molecular flexibility index (Phi) is 5.54. The molecule has 2 heterocycles. The zero-order chi connectivity index (χ0) is 15.9. The van der Waals surface area contributed by atoms with Gasteiger partial charge in [-0.25, -0.2) is 4.68 Å². The number of hydrogen-bond acceptors (Lipinski definition) is 8. The highest BCUT2D eigenvalue weighted by Crippen LogP contribution is 2.27. The molecule has 1 aromatic carbocycles. The Hall–Kier alpha value is -2.00. The molecule has 9 heteroatoms. The second-order valence-corrected chi connectivity index (χ2v) is 7.02. The summed E-state index contributed by atoms with van der Waals surface area (Å²) in [5.41, 5.74) is 1.22. The van der Waals surface area contributed by atoms with E-state index in [2.05, 4.69) is 50.1 Å². The molecule has 7 nitrogen and oxygen atoms in total. The summed E-state index contributed by atoms with van der Waals surface area (Å²) in [5.74, 6) is 1.56. The minimum atomic E-state index is 0.695. The van der Waals surface area contributed by atoms with Gasteiger partial charge in [0.05, 0.1) is 5.75 Å². The summed E-state index contributed by atoms with van der Waals surface area (Å²) in [5, 5.41) is 24.2. The van der Waals surface area contributed by atoms with Crippen molar-refractivity contribution in [3.8, 4) is 0 Å². The lowest BCUT2D eigenvalue weighted by Gasteiger charge is -2.01. The fraction of sp³-hybridized carbons (Fsp3) is 0.357. The van der Waals surface area contributed by atoms with Gasteiger partial charge in [-0.2, -0.15) is 0 Å². The maximum absolute atomic E-state index is 4.19. The van der Waals surface area contributed by atoms with Gasteiger partial charge < -0.3 is 5.32 Å². The van der Waals surface area contributed by atoms with Gasteiger partial charge in [0.25, 0.3) is 0 Å². The fourth-order valence-electron chi connectivity index (χ4n) is 1.95. The molecular weight excluding hydrogens is 330 g/mol. The number of nitrogens with one attached hydrogen (secondary N) is 1. The quantitative estimate of drug-likeness (QED) is 0.627. The van der Waals surface area contributed by atoms with E-state index >= 15 is 0 Å². The molecule has 0 amide bonds. The van der Waals surface area contributed by atoms with E-state index in [1.54, 1.807) is 23.1 Å². The van der Waals surface area contributed by atoms with E-state index in [4.69, 9.17) is 0 Å². The summed E-state index contributed by atoms with van der Waals surface area (Å²) in [6, 6.07) is 10.2. The lowest BCUT2D eigenvalue weighted by molar-refractivity contribution is 0.564. The SMILES string of the molecule is CCCn1nnnc1CSc1nnc(NCc2ccccc2)s1. The van der Waals surface area contributed by atoms with E-state index in [0.717, 1.165) is 34.8 Å². The summed E-state index contributed by atoms with van der Waals surface area (Å²) in [7, 11) is 0. The molecule has 2 aromatic heterocycles. The molecule has 0 saturated heterocycles. The first kappa shape index (κ1) is 15.9. The third-order valence-electron chi connectivity index (χ3n) is 3.06. The Balaban J connectivity index is 1.52. The Morgan fingerprint density at radius 3 is 2.87 bits per heavy atom. The van der Waals surface area contributed by atoms with Crippen molar-refractivity contribution in [2.75, 3.05) is 5.32 Å². The summed E-state index contributed by atoms with van der Waals surface area (Å²) in [6.45, 7) is 3.69. The second kappa shape index (κ2) is 8.02. The number of nitrogens with zero attached hydrogens (tertiary/aromatic N) is 6. The Bertz CT molecular complexity index is 726. The molecule has 3 rings (SSSR count). The van der Waals surface area contributed by atoms with E-state index in [1.165, 1.54) is 5.56 Å². The number of anilines is 1. The molecule has 0 radical (unpaired) electrons. The number of rotatable bonds is 8. The standard InChI is InChI=1S/C14H17N7S2/c1-2-8-21-12(16-19-20-21)10-22-14-18-17-13(23-14)15-9-11-6-4-3-5-7-11/h3-7H,2,8-10H2,1H3,(H,15,17). The van der Waals surface area contributed by atoms with Gasteiger partial charge in [0, 0.05) is 13.1 Å². The molecule has 120 valence electrons. The number of tetrazole rings is 1. The average molecular weight is 347 g/mol. The van der Waals surface area contributed by atoms with Crippen LogP contribution < -0.4 is 5.32 Å². The van der Waals surface area contributed by atoms with Gasteiger partial charge in [0.2, 0.25) is 5.13 Å². The van der Waals surface area contributed by atoms with Crippen LogP contribution in [0.3, 0.4) is 0 Å². The largest absolute Gasteiger partial charge is 0.356 e. The maximum atomic E-state index is 4.19. The molecule has 0 unspecified atom stereocenters. The first-order chi connectivity index (χ1) is 11.3. The van der Waals surface area contributed by atoms with Crippen LogP contribution in [0, 0.1) is 0 Å². The Labute approximate surface area is 142 Å².